The molecule has 18 heavy (non-hydrogen) atoms. The lowest BCUT2D eigenvalue weighted by atomic mass is 10.1. The Morgan fingerprint density at radius 3 is 2.56 bits per heavy atom. The van der Waals surface area contributed by atoms with Gasteiger partial charge in [-0.2, -0.15) is 0 Å². The van der Waals surface area contributed by atoms with Gasteiger partial charge < -0.3 is 14.8 Å². The van der Waals surface area contributed by atoms with E-state index >= 15 is 0 Å². The van der Waals surface area contributed by atoms with Crippen LogP contribution in [0.1, 0.15) is 34.1 Å². The Morgan fingerprint density at radius 1 is 1.33 bits per heavy atom. The number of carbonyl (C=O) groups excluding carboxylic acids is 2. The predicted octanol–water partition coefficient (Wildman–Crippen LogP) is 2.02. The molecule has 5 heteroatoms. The zero-order valence-electron chi connectivity index (χ0n) is 11.4. The van der Waals surface area contributed by atoms with Gasteiger partial charge in [-0.15, -0.1) is 0 Å². The Morgan fingerprint density at radius 2 is 2.00 bits per heavy atom. The van der Waals surface area contributed by atoms with Crippen molar-refractivity contribution in [1.82, 2.24) is 5.32 Å². The van der Waals surface area contributed by atoms with Gasteiger partial charge in [0.2, 0.25) is 0 Å². The third kappa shape index (κ3) is 4.77. The molecule has 0 saturated carbocycles. The number of nitrogens with one attached hydrogen (secondary N) is 1. The normalized spacial score (nSPS) is 22.7. The van der Waals surface area contributed by atoms with Gasteiger partial charge in [0.05, 0.1) is 18.6 Å². The van der Waals surface area contributed by atoms with Crippen molar-refractivity contribution in [2.75, 3.05) is 6.61 Å². The van der Waals surface area contributed by atoms with Crippen LogP contribution in [0.3, 0.4) is 0 Å². The Balaban J connectivity index is 2.38. The summed E-state index contributed by atoms with van der Waals surface area (Å²) in [7, 11) is 0. The molecule has 102 valence electrons. The van der Waals surface area contributed by atoms with E-state index in [0.717, 1.165) is 0 Å². The Bertz CT molecular complexity index is 343. The fraction of sp³-hybridized carbons (Fsp3) is 0.692. The molecule has 0 aromatic carbocycles. The van der Waals surface area contributed by atoms with Gasteiger partial charge in [0.25, 0.3) is 0 Å². The maximum Gasteiger partial charge on any atom is 0.408 e. The highest BCUT2D eigenvalue weighted by Crippen LogP contribution is 2.19. The molecule has 0 fully saturated rings. The van der Waals surface area contributed by atoms with E-state index in [4.69, 9.17) is 9.47 Å². The number of amides is 1. The first-order chi connectivity index (χ1) is 8.31. The smallest absolute Gasteiger partial charge is 0.408 e. The molecule has 0 aromatic rings. The largest absolute Gasteiger partial charge is 0.466 e. The van der Waals surface area contributed by atoms with Crippen LogP contribution >= 0.6 is 0 Å². The number of carbonyl (C=O) groups is 2. The Hall–Kier alpha value is -1.52. The molecule has 1 amide bonds. The molecule has 5 nitrogen and oxygen atoms in total. The van der Waals surface area contributed by atoms with Crippen LogP contribution in [0, 0.1) is 5.92 Å². The van der Waals surface area contributed by atoms with E-state index in [1.807, 2.05) is 0 Å². The van der Waals surface area contributed by atoms with Crippen molar-refractivity contribution >= 4 is 12.1 Å². The first kappa shape index (κ1) is 14.5. The van der Waals surface area contributed by atoms with Crippen molar-refractivity contribution in [3.05, 3.63) is 12.2 Å². The molecule has 0 aromatic heterocycles. The summed E-state index contributed by atoms with van der Waals surface area (Å²) < 4.78 is 10.1. The molecule has 0 radical (unpaired) electrons. The number of esters is 1. The molecule has 1 rings (SSSR count). The third-order valence-electron chi connectivity index (χ3n) is 2.38. The monoisotopic (exact) mass is 255 g/mol. The standard InChI is InChI=1S/C13H21NO4/c1-5-17-11(15)9-6-7-10(8-9)14-12(16)18-13(2,3)4/h6-7,9-10H,5,8H2,1-4H3,(H,14,16)/t9-,10+/m1/s1. The minimum Gasteiger partial charge on any atom is -0.466 e. The van der Waals surface area contributed by atoms with Crippen molar-refractivity contribution in [2.24, 2.45) is 5.92 Å². The Kier molecular flexibility index (Phi) is 4.76. The van der Waals surface area contributed by atoms with Gasteiger partial charge in [-0.1, -0.05) is 12.2 Å². The fourth-order valence-corrected chi connectivity index (χ4v) is 1.69. The first-order valence-electron chi connectivity index (χ1n) is 6.16. The van der Waals surface area contributed by atoms with Crippen molar-refractivity contribution in [2.45, 2.75) is 45.8 Å². The summed E-state index contributed by atoms with van der Waals surface area (Å²) >= 11 is 0. The molecular formula is C13H21NO4. The van der Waals surface area contributed by atoms with E-state index in [2.05, 4.69) is 5.32 Å². The van der Waals surface area contributed by atoms with Crippen LogP contribution in [-0.2, 0) is 14.3 Å². The van der Waals surface area contributed by atoms with Crippen LogP contribution in [0.4, 0.5) is 4.79 Å². The molecule has 1 N–H and O–H groups in total. The molecule has 0 bridgehead atoms. The van der Waals surface area contributed by atoms with Crippen molar-refractivity contribution in [3.63, 3.8) is 0 Å². The molecule has 0 aliphatic heterocycles. The van der Waals surface area contributed by atoms with Gasteiger partial charge in [0.15, 0.2) is 0 Å². The number of ether oxygens (including phenoxy) is 2. The summed E-state index contributed by atoms with van der Waals surface area (Å²) in [5, 5.41) is 2.71. The van der Waals surface area contributed by atoms with Crippen LogP contribution in [-0.4, -0.2) is 30.3 Å². The van der Waals surface area contributed by atoms with Crippen molar-refractivity contribution in [3.8, 4) is 0 Å². The van der Waals surface area contributed by atoms with E-state index in [0.29, 0.717) is 13.0 Å². The number of rotatable bonds is 3. The number of alkyl carbamates (subject to hydrolysis) is 1. The topological polar surface area (TPSA) is 64.6 Å². The van der Waals surface area contributed by atoms with Crippen molar-refractivity contribution in [1.29, 1.82) is 0 Å². The highest BCUT2D eigenvalue weighted by Gasteiger charge is 2.28. The maximum atomic E-state index is 11.5. The molecular weight excluding hydrogens is 234 g/mol. The maximum absolute atomic E-state index is 11.5. The molecule has 0 unspecified atom stereocenters. The predicted molar refractivity (Wildman–Crippen MR) is 67.0 cm³/mol. The zero-order valence-corrected chi connectivity index (χ0v) is 11.4. The highest BCUT2D eigenvalue weighted by molar-refractivity contribution is 5.76. The summed E-state index contributed by atoms with van der Waals surface area (Å²) in [5.41, 5.74) is -0.521. The average Bonchev–Trinajstić information content (AvgIpc) is 2.63. The van der Waals surface area contributed by atoms with E-state index in [-0.39, 0.29) is 17.9 Å². The number of hydrogen-bond acceptors (Lipinski definition) is 4. The third-order valence-corrected chi connectivity index (χ3v) is 2.38. The Labute approximate surface area is 108 Å². The molecule has 1 aliphatic rings. The van der Waals surface area contributed by atoms with E-state index in [1.165, 1.54) is 0 Å². The van der Waals surface area contributed by atoms with Gasteiger partial charge in [-0.25, -0.2) is 4.79 Å². The number of hydrogen-bond donors (Lipinski definition) is 1. The van der Waals surface area contributed by atoms with Gasteiger partial charge in [-0.3, -0.25) is 4.79 Å². The molecule has 0 spiro atoms. The van der Waals surface area contributed by atoms with Gasteiger partial charge in [0, 0.05) is 0 Å². The highest BCUT2D eigenvalue weighted by atomic mass is 16.6. The lowest BCUT2D eigenvalue weighted by Gasteiger charge is -2.21. The second-order valence-corrected chi connectivity index (χ2v) is 5.23. The molecule has 1 aliphatic carbocycles. The SMILES string of the molecule is CCOC(=O)[C@@H]1C=C[C@H](NC(=O)OC(C)(C)C)C1. The van der Waals surface area contributed by atoms with Crippen LogP contribution in [0.15, 0.2) is 12.2 Å². The minimum absolute atomic E-state index is 0.172. The summed E-state index contributed by atoms with van der Waals surface area (Å²) in [6.45, 7) is 7.55. The van der Waals surface area contributed by atoms with Gasteiger partial charge in [-0.05, 0) is 34.1 Å². The molecule has 0 heterocycles. The van der Waals surface area contributed by atoms with Crippen molar-refractivity contribution < 1.29 is 19.1 Å². The second-order valence-electron chi connectivity index (χ2n) is 5.23. The average molecular weight is 255 g/mol. The summed E-state index contributed by atoms with van der Waals surface area (Å²) in [6.07, 6.45) is 3.62. The summed E-state index contributed by atoms with van der Waals surface area (Å²) in [5.74, 6) is -0.521. The lowest BCUT2D eigenvalue weighted by Crippen LogP contribution is -2.38. The fourth-order valence-electron chi connectivity index (χ4n) is 1.69. The van der Waals surface area contributed by atoms with Crippen LogP contribution < -0.4 is 5.32 Å². The van der Waals surface area contributed by atoms with E-state index in [1.54, 1.807) is 39.8 Å². The van der Waals surface area contributed by atoms with E-state index in [9.17, 15) is 9.59 Å². The second kappa shape index (κ2) is 5.89. The first-order valence-corrected chi connectivity index (χ1v) is 6.16. The minimum atomic E-state index is -0.521. The van der Waals surface area contributed by atoms with Crippen LogP contribution in [0.5, 0.6) is 0 Å². The molecule has 2 atom stereocenters. The zero-order chi connectivity index (χ0) is 13.8. The lowest BCUT2D eigenvalue weighted by molar-refractivity contribution is -0.146. The van der Waals surface area contributed by atoms with E-state index < -0.39 is 11.7 Å². The van der Waals surface area contributed by atoms with Gasteiger partial charge in [0.1, 0.15) is 5.60 Å². The van der Waals surface area contributed by atoms with Crippen LogP contribution in [0.2, 0.25) is 0 Å². The quantitative estimate of drug-likeness (QED) is 0.619. The molecule has 0 saturated heterocycles. The van der Waals surface area contributed by atoms with Crippen LogP contribution in [0.25, 0.3) is 0 Å². The summed E-state index contributed by atoms with van der Waals surface area (Å²) in [6, 6.07) is -0.172. The summed E-state index contributed by atoms with van der Waals surface area (Å²) in [4.78, 5) is 23.0. The van der Waals surface area contributed by atoms with Gasteiger partial charge >= 0.3 is 12.1 Å².